The number of rotatable bonds is 20. The average Bonchev–Trinajstić information content (AvgIpc) is 3.23. The predicted molar refractivity (Wildman–Crippen MR) is 161 cm³/mol. The van der Waals surface area contributed by atoms with Gasteiger partial charge in [-0.1, -0.05) is 48.6 Å². The Labute approximate surface area is 254 Å². The number of ether oxygens (including phenoxy) is 2. The van der Waals surface area contributed by atoms with Crippen molar-refractivity contribution in [1.29, 1.82) is 0 Å². The van der Waals surface area contributed by atoms with Gasteiger partial charge in [-0.15, -0.1) is 10.1 Å². The van der Waals surface area contributed by atoms with Crippen LogP contribution in [-0.2, 0) is 25.5 Å². The summed E-state index contributed by atoms with van der Waals surface area (Å²) in [7, 11) is 0. The molecule has 1 unspecified atom stereocenters. The van der Waals surface area contributed by atoms with Crippen LogP contribution in [0.5, 0.6) is 0 Å². The molecule has 2 rings (SSSR count). The quantitative estimate of drug-likeness (QED) is 0.0607. The fourth-order valence-corrected chi connectivity index (χ4v) is 5.19. The zero-order valence-corrected chi connectivity index (χ0v) is 25.3. The number of carbonyl (C=O) groups is 2. The molecule has 1 fully saturated rings. The molecular formula is C32H48N2O9. The highest BCUT2D eigenvalue weighted by Crippen LogP contribution is 2.36. The van der Waals surface area contributed by atoms with Gasteiger partial charge in [0, 0.05) is 25.3 Å². The third-order valence-corrected chi connectivity index (χ3v) is 7.49. The fourth-order valence-electron chi connectivity index (χ4n) is 5.19. The molecule has 240 valence electrons. The summed E-state index contributed by atoms with van der Waals surface area (Å²) in [6, 6.07) is 9.82. The number of carbonyl (C=O) groups excluding carboxylic acids is 2. The largest absolute Gasteiger partial charge is 0.508 e. The van der Waals surface area contributed by atoms with Gasteiger partial charge in [0.15, 0.2) is 0 Å². The van der Waals surface area contributed by atoms with Crippen LogP contribution in [0.4, 0.5) is 4.79 Å². The number of aliphatic hydroxyl groups excluding tert-OH is 2. The maximum atomic E-state index is 12.5. The Morgan fingerprint density at radius 2 is 1.88 bits per heavy atom. The van der Waals surface area contributed by atoms with E-state index in [2.05, 4.69) is 10.2 Å². The van der Waals surface area contributed by atoms with Crippen molar-refractivity contribution in [3.05, 3.63) is 70.3 Å². The van der Waals surface area contributed by atoms with Gasteiger partial charge in [0.1, 0.15) is 12.2 Å². The molecule has 0 aliphatic heterocycles. The molecule has 6 atom stereocenters. The number of hydrogen-bond donors (Lipinski definition) is 3. The van der Waals surface area contributed by atoms with Crippen molar-refractivity contribution in [1.82, 2.24) is 5.32 Å². The molecule has 1 aromatic carbocycles. The van der Waals surface area contributed by atoms with E-state index in [-0.39, 0.29) is 30.8 Å². The lowest BCUT2D eigenvalue weighted by Crippen LogP contribution is -2.22. The number of nitrogens with zero attached hydrogens (tertiary/aromatic N) is 1. The lowest BCUT2D eigenvalue weighted by molar-refractivity contribution is -0.767. The van der Waals surface area contributed by atoms with Crippen molar-refractivity contribution in [2.24, 2.45) is 11.8 Å². The maximum Gasteiger partial charge on any atom is 0.508 e. The molecule has 1 aliphatic rings. The predicted octanol–water partition coefficient (Wildman–Crippen LogP) is 5.07. The van der Waals surface area contributed by atoms with Gasteiger partial charge in [0.25, 0.3) is 5.09 Å². The van der Waals surface area contributed by atoms with Crippen molar-refractivity contribution in [3.8, 4) is 0 Å². The minimum atomic E-state index is -0.815. The number of nitrogens with one attached hydrogen (secondary N) is 1. The van der Waals surface area contributed by atoms with Crippen molar-refractivity contribution < 1.29 is 39.2 Å². The molecule has 1 aliphatic carbocycles. The van der Waals surface area contributed by atoms with E-state index in [0.29, 0.717) is 51.5 Å². The minimum Gasteiger partial charge on any atom is -0.434 e. The van der Waals surface area contributed by atoms with Crippen LogP contribution in [0, 0.1) is 22.0 Å². The molecular weight excluding hydrogens is 556 g/mol. The fraction of sp³-hybridized carbons (Fsp3) is 0.625. The van der Waals surface area contributed by atoms with Gasteiger partial charge in [0.2, 0.25) is 5.91 Å². The molecule has 43 heavy (non-hydrogen) atoms. The molecule has 3 N–H and O–H groups in total. The number of hydrogen-bond acceptors (Lipinski definition) is 9. The van der Waals surface area contributed by atoms with E-state index in [1.807, 2.05) is 55.5 Å². The number of unbranched alkanes of at least 4 members (excludes halogenated alkanes) is 2. The highest BCUT2D eigenvalue weighted by Gasteiger charge is 2.39. The van der Waals surface area contributed by atoms with Crippen molar-refractivity contribution in [2.75, 3.05) is 13.2 Å². The SMILES string of the molecule is CCNC(=O)CCCC=CC[C@@H]1[C@@H](C=C[C@H](CCc2ccccc2)OC(=O)OCCCCC(C)O[N+](=O)[O-])[C@H](O)C[C@@H]1O. The second-order valence-electron chi connectivity index (χ2n) is 11.0. The van der Waals surface area contributed by atoms with Gasteiger partial charge in [-0.3, -0.25) is 4.79 Å². The third-order valence-electron chi connectivity index (χ3n) is 7.49. The average molecular weight is 605 g/mol. The van der Waals surface area contributed by atoms with Gasteiger partial charge in [-0.2, -0.15) is 0 Å². The standard InChI is InChI=1S/C32H48N2O9/c1-3-33-31(37)17-10-5-4-9-16-27-28(30(36)23-29(27)35)21-20-26(19-18-25-14-7-6-8-15-25)42-32(38)41-22-12-11-13-24(2)43-34(39)40/h4,6-9,14-15,20-21,24,26-30,35-36H,3,5,10-13,16-19,22-23H2,1-2H3,(H,33,37)/t24?,26-,27+,28+,29-,30+/m0/s1. The molecule has 1 amide bonds. The molecule has 11 heteroatoms. The monoisotopic (exact) mass is 604 g/mol. The first-order valence-corrected chi connectivity index (χ1v) is 15.3. The second kappa shape index (κ2) is 20.5. The first kappa shape index (κ1) is 35.8. The van der Waals surface area contributed by atoms with Crippen LogP contribution in [0.1, 0.15) is 77.2 Å². The minimum absolute atomic E-state index is 0.0401. The van der Waals surface area contributed by atoms with Gasteiger partial charge in [-0.05, 0) is 82.8 Å². The van der Waals surface area contributed by atoms with Crippen molar-refractivity contribution in [2.45, 2.75) is 102 Å². The molecule has 0 radical (unpaired) electrons. The molecule has 11 nitrogen and oxygen atoms in total. The van der Waals surface area contributed by atoms with Crippen molar-refractivity contribution >= 4 is 12.1 Å². The van der Waals surface area contributed by atoms with E-state index in [4.69, 9.17) is 9.47 Å². The first-order chi connectivity index (χ1) is 20.7. The molecule has 0 spiro atoms. The third kappa shape index (κ3) is 15.0. The molecule has 0 saturated heterocycles. The zero-order chi connectivity index (χ0) is 31.5. The van der Waals surface area contributed by atoms with E-state index in [1.54, 1.807) is 13.0 Å². The Morgan fingerprint density at radius 1 is 1.12 bits per heavy atom. The molecule has 1 aromatic rings. The van der Waals surface area contributed by atoms with Crippen LogP contribution in [0.3, 0.4) is 0 Å². The summed E-state index contributed by atoms with van der Waals surface area (Å²) in [4.78, 5) is 38.9. The van der Waals surface area contributed by atoms with E-state index in [0.717, 1.165) is 18.4 Å². The maximum absolute atomic E-state index is 12.5. The molecule has 0 bridgehead atoms. The molecule has 0 aromatic heterocycles. The smallest absolute Gasteiger partial charge is 0.434 e. The number of aliphatic hydroxyl groups is 2. The summed E-state index contributed by atoms with van der Waals surface area (Å²) in [5.41, 5.74) is 1.09. The van der Waals surface area contributed by atoms with Crippen LogP contribution in [0.25, 0.3) is 0 Å². The van der Waals surface area contributed by atoms with Gasteiger partial charge >= 0.3 is 6.16 Å². The Hall–Kier alpha value is -3.44. The summed E-state index contributed by atoms with van der Waals surface area (Å²) in [6.45, 7) is 4.24. The van der Waals surface area contributed by atoms with E-state index in [1.165, 1.54) is 0 Å². The highest BCUT2D eigenvalue weighted by atomic mass is 17.0. The zero-order valence-electron chi connectivity index (χ0n) is 25.3. The Bertz CT molecular complexity index is 1020. The number of benzene rings is 1. The summed E-state index contributed by atoms with van der Waals surface area (Å²) < 4.78 is 10.9. The Balaban J connectivity index is 1.92. The van der Waals surface area contributed by atoms with Crippen LogP contribution < -0.4 is 5.32 Å². The topological polar surface area (TPSA) is 157 Å². The normalized spacial score (nSPS) is 21.5. The number of aryl methyl sites for hydroxylation is 1. The lowest BCUT2D eigenvalue weighted by Gasteiger charge is -2.21. The van der Waals surface area contributed by atoms with Crippen LogP contribution in [0.2, 0.25) is 0 Å². The van der Waals surface area contributed by atoms with Gasteiger partial charge in [-0.25, -0.2) is 4.79 Å². The summed E-state index contributed by atoms with van der Waals surface area (Å²) in [5.74, 6) is -0.454. The van der Waals surface area contributed by atoms with Crippen LogP contribution >= 0.6 is 0 Å². The summed E-state index contributed by atoms with van der Waals surface area (Å²) in [5, 5.41) is 33.7. The van der Waals surface area contributed by atoms with E-state index < -0.39 is 35.7 Å². The highest BCUT2D eigenvalue weighted by molar-refractivity contribution is 5.75. The number of amides is 1. The Morgan fingerprint density at radius 3 is 2.60 bits per heavy atom. The number of allylic oxidation sites excluding steroid dienone is 2. The summed E-state index contributed by atoms with van der Waals surface area (Å²) >= 11 is 0. The van der Waals surface area contributed by atoms with Crippen LogP contribution in [-0.4, -0.2) is 64.9 Å². The summed E-state index contributed by atoms with van der Waals surface area (Å²) in [6.07, 6.45) is 9.86. The van der Waals surface area contributed by atoms with Crippen LogP contribution in [0.15, 0.2) is 54.6 Å². The first-order valence-electron chi connectivity index (χ1n) is 15.3. The van der Waals surface area contributed by atoms with Gasteiger partial charge in [0.05, 0.1) is 18.8 Å². The van der Waals surface area contributed by atoms with E-state index in [9.17, 15) is 29.9 Å². The van der Waals surface area contributed by atoms with E-state index >= 15 is 0 Å². The van der Waals surface area contributed by atoms with Gasteiger partial charge < -0.3 is 29.8 Å². The lowest BCUT2D eigenvalue weighted by atomic mass is 9.89. The second-order valence-corrected chi connectivity index (χ2v) is 11.0. The Kier molecular flexibility index (Phi) is 17.0. The molecule has 0 heterocycles. The van der Waals surface area contributed by atoms with Crippen molar-refractivity contribution in [3.63, 3.8) is 0 Å². The molecule has 1 saturated carbocycles.